The van der Waals surface area contributed by atoms with E-state index >= 15 is 0 Å². The van der Waals surface area contributed by atoms with Crippen molar-refractivity contribution in [1.82, 2.24) is 4.98 Å². The molecule has 0 unspecified atom stereocenters. The van der Waals surface area contributed by atoms with Crippen LogP contribution < -0.4 is 4.90 Å². The predicted octanol–water partition coefficient (Wildman–Crippen LogP) is 3.42. The molecule has 0 atom stereocenters. The maximum atomic E-state index is 11.3. The van der Waals surface area contributed by atoms with Gasteiger partial charge in [0.1, 0.15) is 0 Å². The number of rotatable bonds is 3. The molecule has 1 amide bonds. The predicted molar refractivity (Wildman–Crippen MR) is 69.9 cm³/mol. The van der Waals surface area contributed by atoms with Gasteiger partial charge in [-0.25, -0.2) is 4.79 Å². The molecular formula is C13H11ClN2O2. The summed E-state index contributed by atoms with van der Waals surface area (Å²) in [5, 5.41) is 9.75. The Balaban J connectivity index is 2.27. The van der Waals surface area contributed by atoms with Crippen LogP contribution in [0.25, 0.3) is 0 Å². The summed E-state index contributed by atoms with van der Waals surface area (Å²) in [6, 6.07) is 10.3. The highest BCUT2D eigenvalue weighted by atomic mass is 35.5. The van der Waals surface area contributed by atoms with Gasteiger partial charge in [-0.1, -0.05) is 17.7 Å². The van der Waals surface area contributed by atoms with E-state index in [2.05, 4.69) is 4.98 Å². The van der Waals surface area contributed by atoms with E-state index in [0.29, 0.717) is 10.7 Å². The molecular weight excluding hydrogens is 252 g/mol. The van der Waals surface area contributed by atoms with E-state index < -0.39 is 6.09 Å². The summed E-state index contributed by atoms with van der Waals surface area (Å²) in [6.45, 7) is 0.262. The zero-order valence-electron chi connectivity index (χ0n) is 9.45. The van der Waals surface area contributed by atoms with Gasteiger partial charge in [0.2, 0.25) is 0 Å². The van der Waals surface area contributed by atoms with E-state index in [1.54, 1.807) is 48.8 Å². The van der Waals surface area contributed by atoms with Crippen molar-refractivity contribution in [1.29, 1.82) is 0 Å². The number of benzene rings is 1. The second kappa shape index (κ2) is 5.51. The second-order valence-electron chi connectivity index (χ2n) is 3.70. The first-order chi connectivity index (χ1) is 8.66. The van der Waals surface area contributed by atoms with E-state index in [1.165, 1.54) is 4.90 Å². The Morgan fingerprint density at radius 1 is 1.28 bits per heavy atom. The molecule has 0 aliphatic carbocycles. The van der Waals surface area contributed by atoms with Gasteiger partial charge in [0.15, 0.2) is 0 Å². The van der Waals surface area contributed by atoms with Crippen LogP contribution in [0.2, 0.25) is 5.02 Å². The third-order valence-electron chi connectivity index (χ3n) is 2.44. The zero-order chi connectivity index (χ0) is 13.0. The molecule has 0 spiro atoms. The lowest BCUT2D eigenvalue weighted by atomic mass is 10.2. The van der Waals surface area contributed by atoms with Crippen molar-refractivity contribution in [2.45, 2.75) is 6.54 Å². The Morgan fingerprint density at radius 2 is 2.00 bits per heavy atom. The average molecular weight is 263 g/mol. The molecule has 0 radical (unpaired) electrons. The largest absolute Gasteiger partial charge is 0.465 e. The fraction of sp³-hybridized carbons (Fsp3) is 0.0769. The lowest BCUT2D eigenvalue weighted by Crippen LogP contribution is -2.28. The van der Waals surface area contributed by atoms with Crippen LogP contribution in [-0.4, -0.2) is 16.2 Å². The number of carboxylic acid groups (broad SMARTS) is 1. The van der Waals surface area contributed by atoms with Crippen LogP contribution in [0.4, 0.5) is 10.5 Å². The number of pyridine rings is 1. The van der Waals surface area contributed by atoms with E-state index in [0.717, 1.165) is 5.56 Å². The summed E-state index contributed by atoms with van der Waals surface area (Å²) in [5.74, 6) is 0. The first-order valence-corrected chi connectivity index (χ1v) is 5.69. The van der Waals surface area contributed by atoms with Gasteiger partial charge in [-0.05, 0) is 35.9 Å². The van der Waals surface area contributed by atoms with Crippen molar-refractivity contribution in [3.8, 4) is 0 Å². The molecule has 0 aliphatic rings. The molecule has 0 fully saturated rings. The van der Waals surface area contributed by atoms with Crippen molar-refractivity contribution < 1.29 is 9.90 Å². The molecule has 5 heteroatoms. The summed E-state index contributed by atoms with van der Waals surface area (Å²) >= 11 is 5.87. The monoisotopic (exact) mass is 262 g/mol. The quantitative estimate of drug-likeness (QED) is 0.922. The Morgan fingerprint density at radius 3 is 2.61 bits per heavy atom. The standard InChI is InChI=1S/C13H11ClN2O2/c14-11-2-1-3-12(8-11)16(13(17)18)9-10-4-6-15-7-5-10/h1-8H,9H2,(H,17,18). The Bertz CT molecular complexity index is 546. The molecule has 0 bridgehead atoms. The van der Waals surface area contributed by atoms with Crippen molar-refractivity contribution in [2.24, 2.45) is 0 Å². The molecule has 2 rings (SSSR count). The van der Waals surface area contributed by atoms with Crippen LogP contribution in [0.5, 0.6) is 0 Å². The summed E-state index contributed by atoms with van der Waals surface area (Å²) in [4.78, 5) is 16.4. The summed E-state index contributed by atoms with van der Waals surface area (Å²) in [5.41, 5.74) is 1.42. The summed E-state index contributed by atoms with van der Waals surface area (Å²) < 4.78 is 0. The first-order valence-electron chi connectivity index (χ1n) is 5.32. The normalized spacial score (nSPS) is 10.1. The van der Waals surface area contributed by atoms with Gasteiger partial charge < -0.3 is 5.11 Å². The molecule has 2 aromatic rings. The summed E-state index contributed by atoms with van der Waals surface area (Å²) in [7, 11) is 0. The minimum Gasteiger partial charge on any atom is -0.465 e. The van der Waals surface area contributed by atoms with Crippen LogP contribution in [0, 0.1) is 0 Å². The van der Waals surface area contributed by atoms with Crippen LogP contribution in [0.1, 0.15) is 5.56 Å². The molecule has 1 aromatic carbocycles. The van der Waals surface area contributed by atoms with Gasteiger partial charge in [-0.15, -0.1) is 0 Å². The SMILES string of the molecule is O=C(O)N(Cc1ccncc1)c1cccc(Cl)c1. The van der Waals surface area contributed by atoms with Gasteiger partial charge in [0.05, 0.1) is 6.54 Å². The highest BCUT2D eigenvalue weighted by Crippen LogP contribution is 2.21. The minimum atomic E-state index is -1.02. The highest BCUT2D eigenvalue weighted by molar-refractivity contribution is 6.30. The van der Waals surface area contributed by atoms with Gasteiger partial charge in [-0.2, -0.15) is 0 Å². The van der Waals surface area contributed by atoms with Crippen LogP contribution in [0.3, 0.4) is 0 Å². The molecule has 0 aliphatic heterocycles. The molecule has 0 saturated heterocycles. The molecule has 18 heavy (non-hydrogen) atoms. The van der Waals surface area contributed by atoms with E-state index in [4.69, 9.17) is 11.6 Å². The Hall–Kier alpha value is -2.07. The first kappa shape index (κ1) is 12.4. The van der Waals surface area contributed by atoms with E-state index in [9.17, 15) is 9.90 Å². The fourth-order valence-corrected chi connectivity index (χ4v) is 1.77. The van der Waals surface area contributed by atoms with Gasteiger partial charge >= 0.3 is 6.09 Å². The maximum absolute atomic E-state index is 11.3. The smallest absolute Gasteiger partial charge is 0.412 e. The third-order valence-corrected chi connectivity index (χ3v) is 2.68. The number of hydrogen-bond acceptors (Lipinski definition) is 2. The molecule has 92 valence electrons. The Labute approximate surface area is 109 Å². The van der Waals surface area contributed by atoms with Crippen molar-refractivity contribution >= 4 is 23.4 Å². The lowest BCUT2D eigenvalue weighted by molar-refractivity contribution is 0.201. The number of nitrogens with zero attached hydrogens (tertiary/aromatic N) is 2. The van der Waals surface area contributed by atoms with Gasteiger partial charge in [0, 0.05) is 23.1 Å². The van der Waals surface area contributed by atoms with E-state index in [1.807, 2.05) is 0 Å². The minimum absolute atomic E-state index is 0.262. The van der Waals surface area contributed by atoms with Crippen LogP contribution in [-0.2, 0) is 6.54 Å². The second-order valence-corrected chi connectivity index (χ2v) is 4.14. The number of anilines is 1. The van der Waals surface area contributed by atoms with Gasteiger partial charge in [0.25, 0.3) is 0 Å². The lowest BCUT2D eigenvalue weighted by Gasteiger charge is -2.19. The molecule has 1 heterocycles. The van der Waals surface area contributed by atoms with Crippen molar-refractivity contribution in [3.63, 3.8) is 0 Å². The molecule has 1 aromatic heterocycles. The average Bonchev–Trinajstić information content (AvgIpc) is 2.37. The van der Waals surface area contributed by atoms with E-state index in [-0.39, 0.29) is 6.54 Å². The number of halogens is 1. The third kappa shape index (κ3) is 2.99. The van der Waals surface area contributed by atoms with Crippen LogP contribution >= 0.6 is 11.6 Å². The van der Waals surface area contributed by atoms with Crippen molar-refractivity contribution in [3.05, 3.63) is 59.4 Å². The Kier molecular flexibility index (Phi) is 3.79. The number of hydrogen-bond donors (Lipinski definition) is 1. The number of carbonyl (C=O) groups is 1. The molecule has 0 saturated carbocycles. The van der Waals surface area contributed by atoms with Crippen molar-refractivity contribution in [2.75, 3.05) is 4.90 Å². The van der Waals surface area contributed by atoms with Gasteiger partial charge in [-0.3, -0.25) is 9.88 Å². The number of aromatic nitrogens is 1. The fourth-order valence-electron chi connectivity index (χ4n) is 1.58. The topological polar surface area (TPSA) is 53.4 Å². The highest BCUT2D eigenvalue weighted by Gasteiger charge is 2.14. The zero-order valence-corrected chi connectivity index (χ0v) is 10.2. The summed E-state index contributed by atoms with van der Waals surface area (Å²) in [6.07, 6.45) is 2.25. The van der Waals surface area contributed by atoms with Crippen LogP contribution in [0.15, 0.2) is 48.8 Å². The molecule has 4 nitrogen and oxygen atoms in total. The molecule has 1 N–H and O–H groups in total. The maximum Gasteiger partial charge on any atom is 0.412 e. The number of amides is 1.